The molecule has 0 saturated heterocycles. The smallest absolute Gasteiger partial charge is 0.341 e. The van der Waals surface area contributed by atoms with Gasteiger partial charge < -0.3 is 4.74 Å². The van der Waals surface area contributed by atoms with Gasteiger partial charge in [0.15, 0.2) is 0 Å². The highest BCUT2D eigenvalue weighted by Gasteiger charge is 2.30. The van der Waals surface area contributed by atoms with Crippen molar-refractivity contribution in [3.63, 3.8) is 0 Å². The maximum atomic E-state index is 11.9. The zero-order valence-electron chi connectivity index (χ0n) is 9.21. The molecule has 0 fully saturated rings. The Kier molecular flexibility index (Phi) is 2.40. The number of aryl methyl sites for hydroxylation is 1. The van der Waals surface area contributed by atoms with Crippen LogP contribution in [0.1, 0.15) is 27.7 Å². The number of esters is 1. The Bertz CT molecular complexity index is 561. The van der Waals surface area contributed by atoms with Crippen LogP contribution in [-0.4, -0.2) is 32.8 Å². The molecule has 1 aliphatic carbocycles. The molecular formula is C10H10N4O2S. The molecule has 6 nitrogen and oxygen atoms in total. The van der Waals surface area contributed by atoms with E-state index in [1.54, 1.807) is 18.3 Å². The highest BCUT2D eigenvalue weighted by atomic mass is 32.1. The second-order valence-corrected chi connectivity index (χ2v) is 4.74. The predicted octanol–water partition coefficient (Wildman–Crippen LogP) is 0.999. The first-order chi connectivity index (χ1) is 8.31. The van der Waals surface area contributed by atoms with Crippen LogP contribution in [0.4, 0.5) is 0 Å². The summed E-state index contributed by atoms with van der Waals surface area (Å²) in [6.07, 6.45) is 3.45. The van der Waals surface area contributed by atoms with E-state index in [9.17, 15) is 4.79 Å². The predicted molar refractivity (Wildman–Crippen MR) is 60.4 cm³/mol. The number of hydrogen-bond acceptors (Lipinski definition) is 6. The molecule has 0 bridgehead atoms. The van der Waals surface area contributed by atoms with Crippen molar-refractivity contribution in [2.45, 2.75) is 19.8 Å². The number of thiophene rings is 1. The van der Waals surface area contributed by atoms with Crippen molar-refractivity contribution in [1.82, 2.24) is 20.2 Å². The monoisotopic (exact) mass is 250 g/mol. The average Bonchev–Trinajstić information content (AvgIpc) is 2.86. The molecule has 1 aliphatic rings. The van der Waals surface area contributed by atoms with E-state index in [2.05, 4.69) is 15.5 Å². The minimum atomic E-state index is -0.282. The number of nitrogens with zero attached hydrogens (tertiary/aromatic N) is 4. The van der Waals surface area contributed by atoms with E-state index in [0.717, 1.165) is 23.4 Å². The van der Waals surface area contributed by atoms with Gasteiger partial charge in [0, 0.05) is 4.88 Å². The Morgan fingerprint density at radius 2 is 2.47 bits per heavy atom. The molecule has 2 aromatic heterocycles. The van der Waals surface area contributed by atoms with E-state index in [0.29, 0.717) is 12.2 Å². The van der Waals surface area contributed by atoms with E-state index >= 15 is 0 Å². The summed E-state index contributed by atoms with van der Waals surface area (Å²) in [5.41, 5.74) is 1.73. The largest absolute Gasteiger partial charge is 0.462 e. The third-order valence-corrected chi connectivity index (χ3v) is 3.99. The van der Waals surface area contributed by atoms with Crippen LogP contribution in [0.25, 0.3) is 5.00 Å². The summed E-state index contributed by atoms with van der Waals surface area (Å²) in [7, 11) is 0. The first-order valence-electron chi connectivity index (χ1n) is 5.36. The normalized spacial score (nSPS) is 13.0. The third-order valence-electron chi connectivity index (χ3n) is 2.71. The maximum absolute atomic E-state index is 11.9. The van der Waals surface area contributed by atoms with Crippen LogP contribution < -0.4 is 0 Å². The average molecular weight is 250 g/mol. The van der Waals surface area contributed by atoms with Crippen molar-refractivity contribution in [1.29, 1.82) is 0 Å². The minimum Gasteiger partial charge on any atom is -0.462 e. The summed E-state index contributed by atoms with van der Waals surface area (Å²) in [5, 5.41) is 11.8. The number of ether oxygens (including phenoxy) is 1. The summed E-state index contributed by atoms with van der Waals surface area (Å²) in [4.78, 5) is 13.2. The molecule has 0 atom stereocenters. The van der Waals surface area contributed by atoms with E-state index in [4.69, 9.17) is 4.74 Å². The van der Waals surface area contributed by atoms with Crippen molar-refractivity contribution in [3.8, 4) is 5.00 Å². The first-order valence-corrected chi connectivity index (χ1v) is 6.18. The lowest BCUT2D eigenvalue weighted by Gasteiger charge is -2.13. The number of aromatic nitrogens is 4. The van der Waals surface area contributed by atoms with Gasteiger partial charge >= 0.3 is 5.97 Å². The van der Waals surface area contributed by atoms with Gasteiger partial charge in [0.25, 0.3) is 0 Å². The summed E-state index contributed by atoms with van der Waals surface area (Å²) in [6, 6.07) is 0. The van der Waals surface area contributed by atoms with Gasteiger partial charge in [-0.15, -0.1) is 16.4 Å². The van der Waals surface area contributed by atoms with Crippen LogP contribution in [0.5, 0.6) is 0 Å². The molecule has 0 unspecified atom stereocenters. The molecule has 0 N–H and O–H groups in total. The summed E-state index contributed by atoms with van der Waals surface area (Å²) in [5.74, 6) is -0.282. The SMILES string of the molecule is CCOC(=O)c1c(-n2cnnn2)sc2c1CC2. The molecule has 2 heterocycles. The molecule has 0 saturated carbocycles. The van der Waals surface area contributed by atoms with Gasteiger partial charge in [-0.2, -0.15) is 4.68 Å². The molecule has 0 aromatic carbocycles. The van der Waals surface area contributed by atoms with Crippen LogP contribution >= 0.6 is 11.3 Å². The summed E-state index contributed by atoms with van der Waals surface area (Å²) < 4.78 is 6.60. The molecule has 0 aliphatic heterocycles. The van der Waals surface area contributed by atoms with Crippen molar-refractivity contribution >= 4 is 17.3 Å². The number of tetrazole rings is 1. The fourth-order valence-electron chi connectivity index (χ4n) is 1.86. The third kappa shape index (κ3) is 1.54. The number of hydrogen-bond donors (Lipinski definition) is 0. The number of rotatable bonds is 3. The van der Waals surface area contributed by atoms with Gasteiger partial charge in [-0.25, -0.2) is 4.79 Å². The van der Waals surface area contributed by atoms with E-state index in [-0.39, 0.29) is 5.97 Å². The lowest BCUT2D eigenvalue weighted by molar-refractivity contribution is 0.0525. The highest BCUT2D eigenvalue weighted by Crippen LogP contribution is 2.39. The number of fused-ring (bicyclic) bond motifs is 1. The molecule has 3 rings (SSSR count). The Morgan fingerprint density at radius 3 is 3.06 bits per heavy atom. The standard InChI is InChI=1S/C10H10N4O2S/c1-2-16-10(15)8-6-3-4-7(6)17-9(8)14-5-11-12-13-14/h5H,2-4H2,1H3. The zero-order chi connectivity index (χ0) is 11.8. The maximum Gasteiger partial charge on any atom is 0.341 e. The second-order valence-electron chi connectivity index (χ2n) is 3.66. The van der Waals surface area contributed by atoms with Gasteiger partial charge in [0.1, 0.15) is 11.3 Å². The van der Waals surface area contributed by atoms with Crippen molar-refractivity contribution < 1.29 is 9.53 Å². The Morgan fingerprint density at radius 1 is 1.59 bits per heavy atom. The Labute approximate surface area is 101 Å². The molecule has 17 heavy (non-hydrogen) atoms. The Balaban J connectivity index is 2.10. The van der Waals surface area contributed by atoms with Gasteiger partial charge in [-0.3, -0.25) is 0 Å². The van der Waals surface area contributed by atoms with Crippen LogP contribution in [-0.2, 0) is 17.6 Å². The van der Waals surface area contributed by atoms with E-state index < -0.39 is 0 Å². The van der Waals surface area contributed by atoms with Crippen LogP contribution in [0.2, 0.25) is 0 Å². The molecule has 0 amide bonds. The van der Waals surface area contributed by atoms with E-state index in [1.165, 1.54) is 15.9 Å². The Hall–Kier alpha value is -1.76. The van der Waals surface area contributed by atoms with Gasteiger partial charge in [0.05, 0.1) is 12.2 Å². The number of carbonyl (C=O) groups is 1. The van der Waals surface area contributed by atoms with E-state index in [1.807, 2.05) is 0 Å². The van der Waals surface area contributed by atoms with Crippen molar-refractivity contribution in [3.05, 3.63) is 22.3 Å². The quantitative estimate of drug-likeness (QED) is 0.760. The topological polar surface area (TPSA) is 69.9 Å². The van der Waals surface area contributed by atoms with Crippen molar-refractivity contribution in [2.75, 3.05) is 6.61 Å². The van der Waals surface area contributed by atoms with Crippen molar-refractivity contribution in [2.24, 2.45) is 0 Å². The van der Waals surface area contributed by atoms with Gasteiger partial charge in [0.2, 0.25) is 0 Å². The lowest BCUT2D eigenvalue weighted by atomic mass is 9.94. The minimum absolute atomic E-state index is 0.282. The zero-order valence-corrected chi connectivity index (χ0v) is 10.0. The molecule has 2 aromatic rings. The van der Waals surface area contributed by atoms with Crippen LogP contribution in [0.15, 0.2) is 6.33 Å². The van der Waals surface area contributed by atoms with Crippen LogP contribution in [0.3, 0.4) is 0 Å². The summed E-state index contributed by atoms with van der Waals surface area (Å²) >= 11 is 1.56. The molecule has 0 spiro atoms. The van der Waals surface area contributed by atoms with Gasteiger partial charge in [-0.1, -0.05) is 0 Å². The first kappa shape index (κ1) is 10.4. The lowest BCUT2D eigenvalue weighted by Crippen LogP contribution is -2.14. The number of carbonyl (C=O) groups excluding carboxylic acids is 1. The molecule has 0 radical (unpaired) electrons. The fraction of sp³-hybridized carbons (Fsp3) is 0.400. The molecule has 7 heteroatoms. The van der Waals surface area contributed by atoms with Crippen LogP contribution in [0, 0.1) is 0 Å². The molecule has 88 valence electrons. The summed E-state index contributed by atoms with van der Waals surface area (Å²) in [6.45, 7) is 2.17. The highest BCUT2D eigenvalue weighted by molar-refractivity contribution is 7.15. The fourth-order valence-corrected chi connectivity index (χ4v) is 3.11. The van der Waals surface area contributed by atoms with Gasteiger partial charge in [-0.05, 0) is 35.8 Å². The second kappa shape index (κ2) is 3.92. The molecular weight excluding hydrogens is 240 g/mol.